The van der Waals surface area contributed by atoms with Gasteiger partial charge in [-0.25, -0.2) is 8.78 Å². The number of methoxy groups -OCH3 is 1. The number of Topliss-reactive ketones (excluding diaryl/α,β-unsaturated/α-hetero) is 1. The van der Waals surface area contributed by atoms with Gasteiger partial charge in [-0.15, -0.1) is 0 Å². The molecule has 0 aliphatic heterocycles. The Balaban J connectivity index is 1.75. The zero-order valence-electron chi connectivity index (χ0n) is 20.3. The van der Waals surface area contributed by atoms with Crippen LogP contribution in [0.2, 0.25) is 0 Å². The monoisotopic (exact) mass is 492 g/mol. The molecule has 1 atom stereocenters. The lowest BCUT2D eigenvalue weighted by Crippen LogP contribution is -2.24. The fourth-order valence-corrected chi connectivity index (χ4v) is 5.34. The summed E-state index contributed by atoms with van der Waals surface area (Å²) in [6.45, 7) is 0. The molecule has 2 aliphatic rings. The number of halogens is 2. The van der Waals surface area contributed by atoms with Crippen molar-refractivity contribution in [2.45, 2.75) is 51.0 Å². The predicted octanol–water partition coefficient (Wildman–Crippen LogP) is 6.21. The van der Waals surface area contributed by atoms with Crippen LogP contribution in [-0.2, 0) is 14.3 Å². The Labute approximate surface area is 210 Å². The number of carbonyl (C=O) groups is 2. The molecule has 0 radical (unpaired) electrons. The second kappa shape index (κ2) is 11.1. The average molecular weight is 493 g/mol. The summed E-state index contributed by atoms with van der Waals surface area (Å²) in [4.78, 5) is 23.5. The molecule has 4 rings (SSSR count). The molecule has 6 heteroatoms. The SMILES string of the molecule is COC(=O)CC(=O)CC(O)/C=C/C1=C(c2ccc(F)cc2)C=C(c2ccc(F)cc2)CC12CCCC2. The Morgan fingerprint density at radius 2 is 1.58 bits per heavy atom. The van der Waals surface area contributed by atoms with Gasteiger partial charge in [0.05, 0.1) is 13.2 Å². The normalized spacial score (nSPS) is 17.9. The predicted molar refractivity (Wildman–Crippen MR) is 135 cm³/mol. The van der Waals surface area contributed by atoms with Crippen LogP contribution in [0.5, 0.6) is 0 Å². The highest BCUT2D eigenvalue weighted by Crippen LogP contribution is 2.55. The molecule has 0 heterocycles. The van der Waals surface area contributed by atoms with Crippen LogP contribution in [0, 0.1) is 17.0 Å². The van der Waals surface area contributed by atoms with E-state index in [0.717, 1.165) is 60.0 Å². The Kier molecular flexibility index (Phi) is 7.94. The highest BCUT2D eigenvalue weighted by atomic mass is 19.1. The van der Waals surface area contributed by atoms with Crippen molar-refractivity contribution in [1.29, 1.82) is 0 Å². The van der Waals surface area contributed by atoms with Gasteiger partial charge < -0.3 is 9.84 Å². The van der Waals surface area contributed by atoms with E-state index in [1.165, 1.54) is 31.4 Å². The van der Waals surface area contributed by atoms with Gasteiger partial charge >= 0.3 is 5.97 Å². The van der Waals surface area contributed by atoms with E-state index in [2.05, 4.69) is 10.8 Å². The molecule has 0 amide bonds. The minimum absolute atomic E-state index is 0.186. The van der Waals surface area contributed by atoms with Gasteiger partial charge in [-0.3, -0.25) is 9.59 Å². The van der Waals surface area contributed by atoms with Crippen molar-refractivity contribution >= 4 is 22.9 Å². The van der Waals surface area contributed by atoms with E-state index in [1.807, 2.05) is 6.08 Å². The lowest BCUT2D eigenvalue weighted by Gasteiger charge is -2.37. The summed E-state index contributed by atoms with van der Waals surface area (Å²) in [7, 11) is 1.22. The van der Waals surface area contributed by atoms with Crippen molar-refractivity contribution in [3.63, 3.8) is 0 Å². The molecule has 36 heavy (non-hydrogen) atoms. The topological polar surface area (TPSA) is 63.6 Å². The van der Waals surface area contributed by atoms with Gasteiger partial charge in [0, 0.05) is 6.42 Å². The van der Waals surface area contributed by atoms with Gasteiger partial charge in [-0.2, -0.15) is 0 Å². The van der Waals surface area contributed by atoms with Crippen LogP contribution < -0.4 is 0 Å². The van der Waals surface area contributed by atoms with Crippen LogP contribution in [0.1, 0.15) is 56.1 Å². The molecule has 1 fully saturated rings. The van der Waals surface area contributed by atoms with E-state index in [1.54, 1.807) is 30.3 Å². The van der Waals surface area contributed by atoms with Crippen LogP contribution in [0.15, 0.2) is 72.3 Å². The van der Waals surface area contributed by atoms with Crippen LogP contribution in [-0.4, -0.2) is 30.1 Å². The average Bonchev–Trinajstić information content (AvgIpc) is 3.32. The lowest BCUT2D eigenvalue weighted by atomic mass is 9.66. The summed E-state index contributed by atoms with van der Waals surface area (Å²) in [5, 5.41) is 10.5. The molecule has 1 saturated carbocycles. The number of hydrogen-bond donors (Lipinski definition) is 1. The summed E-state index contributed by atoms with van der Waals surface area (Å²) in [6.07, 6.45) is 8.73. The highest BCUT2D eigenvalue weighted by Gasteiger charge is 2.41. The number of allylic oxidation sites excluding steroid dienone is 5. The summed E-state index contributed by atoms with van der Waals surface area (Å²) in [6, 6.07) is 12.8. The molecule has 2 aromatic rings. The second-order valence-electron chi connectivity index (χ2n) is 9.60. The zero-order valence-corrected chi connectivity index (χ0v) is 20.3. The van der Waals surface area contributed by atoms with E-state index in [0.29, 0.717) is 0 Å². The highest BCUT2D eigenvalue weighted by molar-refractivity contribution is 5.95. The number of esters is 1. The summed E-state index contributed by atoms with van der Waals surface area (Å²) < 4.78 is 31.9. The molecule has 188 valence electrons. The van der Waals surface area contributed by atoms with E-state index in [9.17, 15) is 23.5 Å². The summed E-state index contributed by atoms with van der Waals surface area (Å²) >= 11 is 0. The van der Waals surface area contributed by atoms with E-state index < -0.39 is 17.9 Å². The summed E-state index contributed by atoms with van der Waals surface area (Å²) in [5.41, 5.74) is 4.65. The first-order valence-corrected chi connectivity index (χ1v) is 12.2. The molecule has 2 aliphatic carbocycles. The minimum atomic E-state index is -1.05. The van der Waals surface area contributed by atoms with Gasteiger partial charge in [-0.1, -0.05) is 55.3 Å². The number of aliphatic hydroxyl groups is 1. The van der Waals surface area contributed by atoms with Crippen LogP contribution in [0.3, 0.4) is 0 Å². The fraction of sp³-hybridized carbons (Fsp3) is 0.333. The van der Waals surface area contributed by atoms with Gasteiger partial charge in [0.15, 0.2) is 0 Å². The van der Waals surface area contributed by atoms with Crippen LogP contribution in [0.4, 0.5) is 8.78 Å². The first-order chi connectivity index (χ1) is 17.3. The first-order valence-electron chi connectivity index (χ1n) is 12.2. The number of benzene rings is 2. The van der Waals surface area contributed by atoms with E-state index in [-0.39, 0.29) is 29.9 Å². The molecule has 1 N–H and O–H groups in total. The van der Waals surface area contributed by atoms with Crippen molar-refractivity contribution in [2.24, 2.45) is 5.41 Å². The van der Waals surface area contributed by atoms with Gasteiger partial charge in [0.2, 0.25) is 0 Å². The fourth-order valence-electron chi connectivity index (χ4n) is 5.34. The van der Waals surface area contributed by atoms with Crippen LogP contribution >= 0.6 is 0 Å². The van der Waals surface area contributed by atoms with Gasteiger partial charge in [0.25, 0.3) is 0 Å². The third-order valence-corrected chi connectivity index (χ3v) is 7.13. The number of carbonyl (C=O) groups excluding carboxylic acids is 2. The molecule has 1 spiro atoms. The molecule has 0 saturated heterocycles. The third-order valence-electron chi connectivity index (χ3n) is 7.13. The molecule has 0 aromatic heterocycles. The maximum Gasteiger partial charge on any atom is 0.313 e. The lowest BCUT2D eigenvalue weighted by molar-refractivity contribution is -0.143. The second-order valence-corrected chi connectivity index (χ2v) is 9.60. The number of hydrogen-bond acceptors (Lipinski definition) is 4. The van der Waals surface area contributed by atoms with Crippen molar-refractivity contribution in [2.75, 3.05) is 7.11 Å². The summed E-state index contributed by atoms with van der Waals surface area (Å²) in [5.74, 6) is -1.65. The Morgan fingerprint density at radius 3 is 2.17 bits per heavy atom. The van der Waals surface area contributed by atoms with Crippen molar-refractivity contribution in [3.8, 4) is 0 Å². The molecule has 4 nitrogen and oxygen atoms in total. The molecule has 2 aromatic carbocycles. The Bertz CT molecular complexity index is 1200. The van der Waals surface area contributed by atoms with Crippen molar-refractivity contribution in [3.05, 3.63) is 95.1 Å². The first kappa shape index (κ1) is 25.7. The molecule has 0 bridgehead atoms. The largest absolute Gasteiger partial charge is 0.469 e. The molecular formula is C30H30F2O4. The van der Waals surface area contributed by atoms with Crippen LogP contribution in [0.25, 0.3) is 11.1 Å². The molecule has 1 unspecified atom stereocenters. The number of rotatable bonds is 8. The van der Waals surface area contributed by atoms with Crippen molar-refractivity contribution in [1.82, 2.24) is 0 Å². The smallest absolute Gasteiger partial charge is 0.313 e. The maximum absolute atomic E-state index is 13.7. The molecular weight excluding hydrogens is 462 g/mol. The Morgan fingerprint density at radius 1 is 1.00 bits per heavy atom. The van der Waals surface area contributed by atoms with E-state index >= 15 is 0 Å². The van der Waals surface area contributed by atoms with Gasteiger partial charge in [0.1, 0.15) is 23.8 Å². The minimum Gasteiger partial charge on any atom is -0.469 e. The van der Waals surface area contributed by atoms with Gasteiger partial charge in [-0.05, 0) is 76.8 Å². The number of ketones is 1. The van der Waals surface area contributed by atoms with Crippen molar-refractivity contribution < 1.29 is 28.2 Å². The van der Waals surface area contributed by atoms with E-state index in [4.69, 9.17) is 0 Å². The zero-order chi connectivity index (χ0) is 25.7. The third kappa shape index (κ3) is 5.88. The Hall–Kier alpha value is -3.38. The standard InChI is InChI=1S/C30H30F2O4/c1-36-29(35)18-26(34)17-25(33)12-13-28-27(21-6-10-24(32)11-7-21)16-22(19-30(28)14-2-3-15-30)20-4-8-23(31)9-5-20/h4-13,16,25,33H,2-3,14-15,17-19H2,1H3/b13-12+. The quantitative estimate of drug-likeness (QED) is 0.352. The maximum atomic E-state index is 13.7. The number of aliphatic hydroxyl groups excluding tert-OH is 1. The number of ether oxygens (including phenoxy) is 1.